The van der Waals surface area contributed by atoms with Crippen molar-refractivity contribution in [3.8, 4) is 0 Å². The van der Waals surface area contributed by atoms with Crippen molar-refractivity contribution in [3.63, 3.8) is 0 Å². The number of hydrogen-bond acceptors (Lipinski definition) is 3. The van der Waals surface area contributed by atoms with Gasteiger partial charge in [0.2, 0.25) is 0 Å². The van der Waals surface area contributed by atoms with Crippen LogP contribution in [0.2, 0.25) is 0 Å². The molecule has 0 bridgehead atoms. The maximum atomic E-state index is 5.96. The number of hydrogen-bond donors (Lipinski definition) is 1. The van der Waals surface area contributed by atoms with E-state index in [1.54, 1.807) is 0 Å². The Bertz CT molecular complexity index is 234. The van der Waals surface area contributed by atoms with E-state index in [-0.39, 0.29) is 0 Å². The molecule has 3 heteroatoms. The Kier molecular flexibility index (Phi) is 4.11. The Morgan fingerprint density at radius 1 is 1.12 bits per heavy atom. The van der Waals surface area contributed by atoms with Crippen molar-refractivity contribution >= 4 is 0 Å². The fourth-order valence-corrected chi connectivity index (χ4v) is 2.98. The average molecular weight is 239 g/mol. The van der Waals surface area contributed by atoms with Crippen molar-refractivity contribution in [3.05, 3.63) is 0 Å². The fourth-order valence-electron chi connectivity index (χ4n) is 2.98. The van der Waals surface area contributed by atoms with E-state index < -0.39 is 0 Å². The SMILES string of the molecule is CC(C)(C)CC(CN)N1CCN(C2CC2)CC1. The molecule has 0 amide bonds. The van der Waals surface area contributed by atoms with Gasteiger partial charge in [-0.05, 0) is 24.7 Å². The molecule has 2 N–H and O–H groups in total. The van der Waals surface area contributed by atoms with Crippen molar-refractivity contribution in [2.45, 2.75) is 52.1 Å². The summed E-state index contributed by atoms with van der Waals surface area (Å²) in [6.45, 7) is 12.7. The smallest absolute Gasteiger partial charge is 0.0224 e. The van der Waals surface area contributed by atoms with E-state index in [9.17, 15) is 0 Å². The van der Waals surface area contributed by atoms with Gasteiger partial charge in [-0.1, -0.05) is 20.8 Å². The molecule has 1 unspecified atom stereocenters. The zero-order chi connectivity index (χ0) is 12.5. The molecular formula is C14H29N3. The van der Waals surface area contributed by atoms with Crippen LogP contribution in [-0.4, -0.2) is 54.6 Å². The Labute approximate surface area is 106 Å². The number of nitrogens with zero attached hydrogens (tertiary/aromatic N) is 2. The number of piperazine rings is 1. The number of nitrogens with two attached hydrogens (primary N) is 1. The monoisotopic (exact) mass is 239 g/mol. The van der Waals surface area contributed by atoms with Gasteiger partial charge >= 0.3 is 0 Å². The quantitative estimate of drug-likeness (QED) is 0.807. The van der Waals surface area contributed by atoms with Gasteiger partial charge in [0.1, 0.15) is 0 Å². The Balaban J connectivity index is 1.80. The van der Waals surface area contributed by atoms with E-state index in [4.69, 9.17) is 5.73 Å². The van der Waals surface area contributed by atoms with Gasteiger partial charge in [0.05, 0.1) is 0 Å². The van der Waals surface area contributed by atoms with Gasteiger partial charge in [-0.2, -0.15) is 0 Å². The van der Waals surface area contributed by atoms with Crippen molar-refractivity contribution in [1.82, 2.24) is 9.80 Å². The van der Waals surface area contributed by atoms with E-state index in [1.807, 2.05) is 0 Å². The second-order valence-corrected chi connectivity index (χ2v) is 6.96. The first kappa shape index (κ1) is 13.3. The lowest BCUT2D eigenvalue weighted by Gasteiger charge is -2.41. The topological polar surface area (TPSA) is 32.5 Å². The second-order valence-electron chi connectivity index (χ2n) is 6.96. The van der Waals surface area contributed by atoms with Gasteiger partial charge in [0.25, 0.3) is 0 Å². The van der Waals surface area contributed by atoms with Crippen molar-refractivity contribution < 1.29 is 0 Å². The lowest BCUT2D eigenvalue weighted by molar-refractivity contribution is 0.0761. The summed E-state index contributed by atoms with van der Waals surface area (Å²) in [5.41, 5.74) is 6.35. The first-order valence-electron chi connectivity index (χ1n) is 7.18. The standard InChI is InChI=1S/C14H29N3/c1-14(2,3)10-13(11-15)17-8-6-16(7-9-17)12-4-5-12/h12-13H,4-11,15H2,1-3H3. The Morgan fingerprint density at radius 3 is 2.12 bits per heavy atom. The van der Waals surface area contributed by atoms with Crippen LogP contribution in [0.15, 0.2) is 0 Å². The maximum Gasteiger partial charge on any atom is 0.0224 e. The molecule has 17 heavy (non-hydrogen) atoms. The summed E-state index contributed by atoms with van der Waals surface area (Å²) in [4.78, 5) is 5.28. The van der Waals surface area contributed by atoms with E-state index in [0.717, 1.165) is 12.6 Å². The fraction of sp³-hybridized carbons (Fsp3) is 1.00. The molecule has 0 spiro atoms. The molecule has 1 aliphatic carbocycles. The minimum atomic E-state index is 0.387. The van der Waals surface area contributed by atoms with Crippen LogP contribution < -0.4 is 5.73 Å². The molecule has 3 nitrogen and oxygen atoms in total. The lowest BCUT2D eigenvalue weighted by atomic mass is 9.87. The van der Waals surface area contributed by atoms with Crippen molar-refractivity contribution in [1.29, 1.82) is 0 Å². The van der Waals surface area contributed by atoms with Crippen LogP contribution >= 0.6 is 0 Å². The van der Waals surface area contributed by atoms with E-state index in [1.165, 1.54) is 45.4 Å². The summed E-state index contributed by atoms with van der Waals surface area (Å²) in [6.07, 6.45) is 4.08. The van der Waals surface area contributed by atoms with Gasteiger partial charge in [-0.25, -0.2) is 0 Å². The highest BCUT2D eigenvalue weighted by atomic mass is 15.3. The van der Waals surface area contributed by atoms with Crippen LogP contribution in [0, 0.1) is 5.41 Å². The van der Waals surface area contributed by atoms with Crippen LogP contribution in [0.25, 0.3) is 0 Å². The lowest BCUT2D eigenvalue weighted by Crippen LogP contribution is -2.53. The largest absolute Gasteiger partial charge is 0.329 e. The van der Waals surface area contributed by atoms with Crippen LogP contribution in [0.1, 0.15) is 40.0 Å². The Hall–Kier alpha value is -0.120. The molecule has 100 valence electrons. The second kappa shape index (κ2) is 5.25. The van der Waals surface area contributed by atoms with Crippen LogP contribution in [0.3, 0.4) is 0 Å². The first-order chi connectivity index (χ1) is 7.99. The van der Waals surface area contributed by atoms with Gasteiger partial charge in [0.15, 0.2) is 0 Å². The first-order valence-corrected chi connectivity index (χ1v) is 7.18. The highest BCUT2D eigenvalue weighted by Crippen LogP contribution is 2.29. The third kappa shape index (κ3) is 3.94. The molecular weight excluding hydrogens is 210 g/mol. The molecule has 1 atom stereocenters. The van der Waals surface area contributed by atoms with Gasteiger partial charge < -0.3 is 5.73 Å². The van der Waals surface area contributed by atoms with Crippen molar-refractivity contribution in [2.24, 2.45) is 11.1 Å². The third-order valence-electron chi connectivity index (χ3n) is 4.05. The zero-order valence-corrected chi connectivity index (χ0v) is 11.8. The minimum Gasteiger partial charge on any atom is -0.329 e. The van der Waals surface area contributed by atoms with E-state index in [0.29, 0.717) is 11.5 Å². The molecule has 1 saturated heterocycles. The zero-order valence-electron chi connectivity index (χ0n) is 11.8. The maximum absolute atomic E-state index is 5.96. The van der Waals surface area contributed by atoms with Crippen LogP contribution in [-0.2, 0) is 0 Å². The van der Waals surface area contributed by atoms with Gasteiger partial charge in [-0.15, -0.1) is 0 Å². The normalized spacial score (nSPS) is 26.1. The molecule has 0 radical (unpaired) electrons. The Morgan fingerprint density at radius 2 is 1.71 bits per heavy atom. The summed E-state index contributed by atoms with van der Waals surface area (Å²) in [6, 6.07) is 1.51. The molecule has 0 aromatic carbocycles. The molecule has 0 aromatic heterocycles. The predicted octanol–water partition coefficient (Wildman–Crippen LogP) is 1.53. The summed E-state index contributed by atoms with van der Waals surface area (Å²) in [5, 5.41) is 0. The summed E-state index contributed by atoms with van der Waals surface area (Å²) < 4.78 is 0. The molecule has 1 aliphatic heterocycles. The van der Waals surface area contributed by atoms with Gasteiger partial charge in [-0.3, -0.25) is 9.80 Å². The highest BCUT2D eigenvalue weighted by Gasteiger charge is 2.33. The molecule has 2 fully saturated rings. The third-order valence-corrected chi connectivity index (χ3v) is 4.05. The predicted molar refractivity (Wildman–Crippen MR) is 73.1 cm³/mol. The summed E-state index contributed by atoms with van der Waals surface area (Å²) in [7, 11) is 0. The summed E-state index contributed by atoms with van der Waals surface area (Å²) >= 11 is 0. The number of rotatable bonds is 4. The van der Waals surface area contributed by atoms with E-state index >= 15 is 0 Å². The van der Waals surface area contributed by atoms with Crippen LogP contribution in [0.4, 0.5) is 0 Å². The van der Waals surface area contributed by atoms with Crippen LogP contribution in [0.5, 0.6) is 0 Å². The van der Waals surface area contributed by atoms with E-state index in [2.05, 4.69) is 30.6 Å². The minimum absolute atomic E-state index is 0.387. The van der Waals surface area contributed by atoms with Gasteiger partial charge in [0, 0.05) is 44.8 Å². The molecule has 2 aliphatic rings. The highest BCUT2D eigenvalue weighted by molar-refractivity contribution is 4.89. The summed E-state index contributed by atoms with van der Waals surface area (Å²) in [5.74, 6) is 0. The molecule has 2 rings (SSSR count). The molecule has 0 aromatic rings. The average Bonchev–Trinajstić information content (AvgIpc) is 3.09. The van der Waals surface area contributed by atoms with Crippen molar-refractivity contribution in [2.75, 3.05) is 32.7 Å². The molecule has 1 heterocycles. The molecule has 1 saturated carbocycles.